The number of benzene rings is 2. The van der Waals surface area contributed by atoms with E-state index in [1.807, 2.05) is 0 Å². The molecule has 16 nitrogen and oxygen atoms in total. The lowest BCUT2D eigenvalue weighted by atomic mass is 10.0. The summed E-state index contributed by atoms with van der Waals surface area (Å²) in [5, 5.41) is 15.9. The Morgan fingerprint density at radius 3 is 2.23 bits per heavy atom. The van der Waals surface area contributed by atoms with Crippen LogP contribution >= 0.6 is 0 Å². The van der Waals surface area contributed by atoms with Gasteiger partial charge in [0.25, 0.3) is 0 Å². The van der Waals surface area contributed by atoms with E-state index in [1.54, 1.807) is 26.0 Å². The zero-order chi connectivity index (χ0) is 35.0. The van der Waals surface area contributed by atoms with Crippen molar-refractivity contribution < 1.29 is 52.1 Å². The molecule has 4 rings (SSSR count). The molecule has 1 amide bonds. The lowest BCUT2D eigenvalue weighted by molar-refractivity contribution is -0.402. The number of nitrogens with zero attached hydrogens (tertiary/aromatic N) is 4. The van der Waals surface area contributed by atoms with Gasteiger partial charge >= 0.3 is 17.9 Å². The first kappa shape index (κ1) is 34.6. The molecule has 0 spiro atoms. The van der Waals surface area contributed by atoms with Gasteiger partial charge in [0.05, 0.1) is 52.2 Å². The van der Waals surface area contributed by atoms with E-state index in [1.165, 1.54) is 51.3 Å². The van der Waals surface area contributed by atoms with E-state index in [2.05, 4.69) is 16.9 Å². The first-order chi connectivity index (χ1) is 23.1. The maximum absolute atomic E-state index is 14.1. The summed E-state index contributed by atoms with van der Waals surface area (Å²) < 4.78 is 38.5. The average molecular weight is 665 g/mol. The van der Waals surface area contributed by atoms with Crippen LogP contribution < -0.4 is 18.9 Å². The third-order valence-electron chi connectivity index (χ3n) is 6.84. The predicted octanol–water partition coefficient (Wildman–Crippen LogP) is 4.33. The second-order valence-electron chi connectivity index (χ2n) is 9.70. The Labute approximate surface area is 274 Å². The van der Waals surface area contributed by atoms with Crippen molar-refractivity contribution in [2.45, 2.75) is 27.1 Å². The highest BCUT2D eigenvalue weighted by Crippen LogP contribution is 2.39. The van der Waals surface area contributed by atoms with Crippen LogP contribution in [0.15, 0.2) is 40.8 Å². The maximum atomic E-state index is 14.1. The van der Waals surface area contributed by atoms with Gasteiger partial charge in [-0.15, -0.1) is 5.92 Å². The third-order valence-corrected chi connectivity index (χ3v) is 6.84. The minimum Gasteiger partial charge on any atom is -0.495 e. The molecule has 0 aliphatic rings. The number of carbonyl (C=O) groups excluding carboxylic acids is 3. The van der Waals surface area contributed by atoms with Crippen LogP contribution in [0.2, 0.25) is 0 Å². The summed E-state index contributed by atoms with van der Waals surface area (Å²) >= 11 is 0. The Balaban J connectivity index is 1.82. The molecule has 0 radical (unpaired) electrons. The Bertz CT molecular complexity index is 1890. The highest BCUT2D eigenvalue weighted by Gasteiger charge is 2.28. The number of rotatable bonds is 14. The second kappa shape index (κ2) is 15.4. The molecule has 0 unspecified atom stereocenters. The van der Waals surface area contributed by atoms with Crippen molar-refractivity contribution in [2.75, 3.05) is 41.6 Å². The van der Waals surface area contributed by atoms with Gasteiger partial charge in [0.2, 0.25) is 11.5 Å². The van der Waals surface area contributed by atoms with Gasteiger partial charge in [0, 0.05) is 10.9 Å². The van der Waals surface area contributed by atoms with Crippen LogP contribution in [0.5, 0.6) is 23.0 Å². The molecule has 0 aliphatic carbocycles. The number of nitro groups is 1. The Kier molecular flexibility index (Phi) is 11.1. The molecule has 252 valence electrons. The minimum atomic E-state index is -1.01. The molecule has 0 aliphatic heterocycles. The second-order valence-corrected chi connectivity index (χ2v) is 9.70. The van der Waals surface area contributed by atoms with E-state index in [4.69, 9.17) is 32.8 Å². The molecule has 48 heavy (non-hydrogen) atoms. The smallest absolute Gasteiger partial charge is 0.433 e. The number of ketones is 1. The topological polar surface area (TPSA) is 184 Å². The molecule has 0 bridgehead atoms. The van der Waals surface area contributed by atoms with E-state index >= 15 is 0 Å². The number of hydrogen-bond donors (Lipinski definition) is 0. The van der Waals surface area contributed by atoms with E-state index < -0.39 is 48.5 Å². The van der Waals surface area contributed by atoms with E-state index in [-0.39, 0.29) is 40.9 Å². The SMILES string of the molecule is CC#Cc1c(OC)ccc2c(C(=O)c3cc(OC)c(OC)c(OC)c3)nn(CN(CC(=O)OCC)C(=O)OCc3ccc([N+](=O)[O-])o3)c12. The van der Waals surface area contributed by atoms with Crippen molar-refractivity contribution in [2.24, 2.45) is 0 Å². The van der Waals surface area contributed by atoms with Gasteiger partial charge in [-0.3, -0.25) is 24.6 Å². The highest BCUT2D eigenvalue weighted by molar-refractivity contribution is 6.16. The number of carbonyl (C=O) groups is 3. The first-order valence-corrected chi connectivity index (χ1v) is 14.3. The molecule has 2 aromatic heterocycles. The van der Waals surface area contributed by atoms with Crippen LogP contribution in [-0.4, -0.2) is 79.0 Å². The number of esters is 1. The number of furan rings is 1. The minimum absolute atomic E-state index is 0.000790. The largest absolute Gasteiger partial charge is 0.495 e. The van der Waals surface area contributed by atoms with E-state index in [9.17, 15) is 24.5 Å². The van der Waals surface area contributed by atoms with Gasteiger partial charge in [-0.05, 0) is 44.2 Å². The van der Waals surface area contributed by atoms with Crippen LogP contribution in [0.25, 0.3) is 10.9 Å². The van der Waals surface area contributed by atoms with Gasteiger partial charge in [-0.1, -0.05) is 5.92 Å². The number of methoxy groups -OCH3 is 4. The standard InChI is InChI=1S/C32H32N4O12/c1-7-9-21-23(42-3)12-11-22-28(30(38)19-14-24(43-4)31(45-6)25(15-19)44-5)33-35(29(21)22)18-34(16-27(37)46-8-2)32(39)47-17-20-10-13-26(48-20)36(40)41/h10-15H,8,16-18H2,1-6H3. The maximum Gasteiger partial charge on any atom is 0.433 e. The van der Waals surface area contributed by atoms with Crippen LogP contribution in [0.3, 0.4) is 0 Å². The number of hydrogen-bond acceptors (Lipinski definition) is 13. The molecule has 2 aromatic carbocycles. The highest BCUT2D eigenvalue weighted by atomic mass is 16.7. The Morgan fingerprint density at radius 2 is 1.67 bits per heavy atom. The zero-order valence-electron chi connectivity index (χ0n) is 27.0. The van der Waals surface area contributed by atoms with Crippen molar-refractivity contribution in [3.05, 3.63) is 69.1 Å². The summed E-state index contributed by atoms with van der Waals surface area (Å²) in [6.45, 7) is 1.81. The molecule has 0 N–H and O–H groups in total. The Hall–Kier alpha value is -6.24. The zero-order valence-corrected chi connectivity index (χ0v) is 27.0. The van der Waals surface area contributed by atoms with Gasteiger partial charge in [0.1, 0.15) is 35.3 Å². The normalized spacial score (nSPS) is 10.5. The number of amides is 1. The van der Waals surface area contributed by atoms with Crippen molar-refractivity contribution in [1.82, 2.24) is 14.7 Å². The lowest BCUT2D eigenvalue weighted by Gasteiger charge is -2.21. The quantitative estimate of drug-likeness (QED) is 0.0611. The summed E-state index contributed by atoms with van der Waals surface area (Å²) in [5.41, 5.74) is 0.822. The van der Waals surface area contributed by atoms with Crippen LogP contribution in [-0.2, 0) is 27.5 Å². The first-order valence-electron chi connectivity index (χ1n) is 14.3. The molecule has 0 atom stereocenters. The van der Waals surface area contributed by atoms with Crippen molar-refractivity contribution >= 4 is 34.6 Å². The van der Waals surface area contributed by atoms with E-state index in [0.29, 0.717) is 22.2 Å². The third kappa shape index (κ3) is 7.25. The lowest BCUT2D eigenvalue weighted by Crippen LogP contribution is -2.38. The molecule has 2 heterocycles. The van der Waals surface area contributed by atoms with Crippen molar-refractivity contribution in [1.29, 1.82) is 0 Å². The number of aromatic nitrogens is 2. The van der Waals surface area contributed by atoms with Gasteiger partial charge in [0.15, 0.2) is 18.1 Å². The summed E-state index contributed by atoms with van der Waals surface area (Å²) in [4.78, 5) is 51.3. The van der Waals surface area contributed by atoms with Crippen molar-refractivity contribution in [3.63, 3.8) is 0 Å². The summed E-state index contributed by atoms with van der Waals surface area (Å²) in [6.07, 6.45) is -1.01. The summed E-state index contributed by atoms with van der Waals surface area (Å²) in [5.74, 6) is 5.13. The Morgan fingerprint density at radius 1 is 0.979 bits per heavy atom. The van der Waals surface area contributed by atoms with Crippen molar-refractivity contribution in [3.8, 4) is 34.8 Å². The fourth-order valence-electron chi connectivity index (χ4n) is 4.75. The molecule has 0 saturated heterocycles. The number of fused-ring (bicyclic) bond motifs is 1. The van der Waals surface area contributed by atoms with Crippen LogP contribution in [0, 0.1) is 22.0 Å². The summed E-state index contributed by atoms with van der Waals surface area (Å²) in [7, 11) is 5.73. The molecule has 4 aromatic rings. The van der Waals surface area contributed by atoms with Gasteiger partial charge < -0.3 is 32.8 Å². The van der Waals surface area contributed by atoms with Crippen LogP contribution in [0.4, 0.5) is 10.7 Å². The monoisotopic (exact) mass is 664 g/mol. The molecule has 0 fully saturated rings. The number of ether oxygens (including phenoxy) is 6. The van der Waals surface area contributed by atoms with Gasteiger partial charge in [-0.2, -0.15) is 5.10 Å². The molecular formula is C32H32N4O12. The average Bonchev–Trinajstić information content (AvgIpc) is 3.71. The van der Waals surface area contributed by atoms with Gasteiger partial charge in [-0.25, -0.2) is 9.48 Å². The fraction of sp³-hybridized carbons (Fsp3) is 0.312. The fourth-order valence-corrected chi connectivity index (χ4v) is 4.75. The van der Waals surface area contributed by atoms with Crippen LogP contribution in [0.1, 0.15) is 41.2 Å². The molecule has 16 heteroatoms. The summed E-state index contributed by atoms with van der Waals surface area (Å²) in [6, 6.07) is 8.62. The predicted molar refractivity (Wildman–Crippen MR) is 167 cm³/mol. The van der Waals surface area contributed by atoms with E-state index in [0.717, 1.165) is 11.0 Å². The molecular weight excluding hydrogens is 632 g/mol. The molecule has 0 saturated carbocycles.